The van der Waals surface area contributed by atoms with Crippen molar-refractivity contribution in [2.75, 3.05) is 18.5 Å². The van der Waals surface area contributed by atoms with Crippen molar-refractivity contribution in [1.82, 2.24) is 5.32 Å². The first-order chi connectivity index (χ1) is 15.5. The second-order valence-electron chi connectivity index (χ2n) is 7.45. The summed E-state index contributed by atoms with van der Waals surface area (Å²) >= 11 is 0. The van der Waals surface area contributed by atoms with Crippen LogP contribution in [0.2, 0.25) is 0 Å². The number of ether oxygens (including phenoxy) is 1. The Morgan fingerprint density at radius 3 is 2.09 bits per heavy atom. The quantitative estimate of drug-likeness (QED) is 0.529. The van der Waals surface area contributed by atoms with E-state index in [0.717, 1.165) is 22.3 Å². The van der Waals surface area contributed by atoms with Crippen molar-refractivity contribution in [2.45, 2.75) is 12.3 Å². The molecule has 0 bridgehead atoms. The highest BCUT2D eigenvalue weighted by molar-refractivity contribution is 5.95. The fourth-order valence-corrected chi connectivity index (χ4v) is 3.96. The van der Waals surface area contributed by atoms with Gasteiger partial charge in [-0.15, -0.1) is 0 Å². The predicted octanol–water partition coefficient (Wildman–Crippen LogP) is 3.79. The molecular formula is C25H22N2O5. The number of carboxylic acid groups (broad SMARTS) is 1. The van der Waals surface area contributed by atoms with Gasteiger partial charge in [0.05, 0.1) is 6.42 Å². The molecule has 0 heterocycles. The van der Waals surface area contributed by atoms with Gasteiger partial charge in [0, 0.05) is 11.6 Å². The summed E-state index contributed by atoms with van der Waals surface area (Å²) < 4.78 is 5.41. The number of para-hydroxylation sites is 1. The van der Waals surface area contributed by atoms with E-state index >= 15 is 0 Å². The number of benzene rings is 3. The number of amides is 2. The second-order valence-corrected chi connectivity index (χ2v) is 7.45. The Labute approximate surface area is 185 Å². The van der Waals surface area contributed by atoms with Crippen molar-refractivity contribution in [3.8, 4) is 11.1 Å². The topological polar surface area (TPSA) is 105 Å². The molecule has 0 aliphatic heterocycles. The number of anilines is 1. The van der Waals surface area contributed by atoms with E-state index in [0.29, 0.717) is 11.3 Å². The number of aliphatic carboxylic acids is 1. The molecule has 3 aromatic carbocycles. The standard InChI is InChI=1S/C25H22N2O5/c28-23(27-22-12-6-1-7-16(22)13-24(29)30)14-26-25(31)32-15-21-19-10-4-2-8-17(19)18-9-3-5-11-20(18)21/h1-12,21H,13-15H2,(H,26,31)(H,27,28)(H,29,30). The Kier molecular flexibility index (Phi) is 6.17. The van der Waals surface area contributed by atoms with Gasteiger partial charge in [-0.3, -0.25) is 9.59 Å². The second kappa shape index (κ2) is 9.34. The molecule has 1 aliphatic carbocycles. The van der Waals surface area contributed by atoms with E-state index in [1.165, 1.54) is 0 Å². The molecule has 0 atom stereocenters. The molecule has 0 saturated heterocycles. The monoisotopic (exact) mass is 430 g/mol. The van der Waals surface area contributed by atoms with Crippen LogP contribution < -0.4 is 10.6 Å². The molecule has 0 spiro atoms. The summed E-state index contributed by atoms with van der Waals surface area (Å²) in [5.41, 5.74) is 5.36. The lowest BCUT2D eigenvalue weighted by Crippen LogP contribution is -2.34. The molecule has 0 radical (unpaired) electrons. The Morgan fingerprint density at radius 1 is 0.844 bits per heavy atom. The number of nitrogens with one attached hydrogen (secondary N) is 2. The lowest BCUT2D eigenvalue weighted by atomic mass is 9.98. The first-order valence-corrected chi connectivity index (χ1v) is 10.2. The van der Waals surface area contributed by atoms with Crippen LogP contribution in [0.3, 0.4) is 0 Å². The van der Waals surface area contributed by atoms with Crippen LogP contribution in [-0.4, -0.2) is 36.2 Å². The minimum absolute atomic E-state index is 0.0649. The van der Waals surface area contributed by atoms with Crippen molar-refractivity contribution in [3.63, 3.8) is 0 Å². The number of carbonyl (C=O) groups excluding carboxylic acids is 2. The third-order valence-electron chi connectivity index (χ3n) is 5.37. The first-order valence-electron chi connectivity index (χ1n) is 10.2. The zero-order valence-electron chi connectivity index (χ0n) is 17.2. The maximum Gasteiger partial charge on any atom is 0.407 e. The summed E-state index contributed by atoms with van der Waals surface area (Å²) in [5, 5.41) is 14.1. The lowest BCUT2D eigenvalue weighted by Gasteiger charge is -2.15. The average molecular weight is 430 g/mol. The van der Waals surface area contributed by atoms with Crippen LogP contribution in [0.5, 0.6) is 0 Å². The summed E-state index contributed by atoms with van der Waals surface area (Å²) in [6.45, 7) is -0.138. The third kappa shape index (κ3) is 4.62. The van der Waals surface area contributed by atoms with Crippen LogP contribution in [0, 0.1) is 0 Å². The van der Waals surface area contributed by atoms with Crippen LogP contribution in [0.15, 0.2) is 72.8 Å². The molecule has 2 amide bonds. The van der Waals surface area contributed by atoms with Gasteiger partial charge < -0.3 is 20.5 Å². The van der Waals surface area contributed by atoms with Gasteiger partial charge in [0.2, 0.25) is 5.91 Å². The van der Waals surface area contributed by atoms with Crippen LogP contribution in [-0.2, 0) is 20.7 Å². The molecule has 3 aromatic rings. The van der Waals surface area contributed by atoms with Gasteiger partial charge in [-0.25, -0.2) is 4.79 Å². The van der Waals surface area contributed by atoms with Crippen molar-refractivity contribution in [1.29, 1.82) is 0 Å². The highest BCUT2D eigenvalue weighted by Crippen LogP contribution is 2.44. The number of fused-ring (bicyclic) bond motifs is 3. The number of rotatable bonds is 7. The molecule has 7 heteroatoms. The van der Waals surface area contributed by atoms with Gasteiger partial charge in [0.1, 0.15) is 13.2 Å². The largest absolute Gasteiger partial charge is 0.481 e. The maximum absolute atomic E-state index is 12.2. The molecule has 162 valence electrons. The molecule has 3 N–H and O–H groups in total. The third-order valence-corrected chi connectivity index (χ3v) is 5.37. The molecule has 1 aliphatic rings. The van der Waals surface area contributed by atoms with Crippen LogP contribution in [0.4, 0.5) is 10.5 Å². The summed E-state index contributed by atoms with van der Waals surface area (Å²) in [6.07, 6.45) is -0.906. The number of hydrogen-bond acceptors (Lipinski definition) is 4. The normalized spacial score (nSPS) is 11.9. The van der Waals surface area contributed by atoms with E-state index in [9.17, 15) is 14.4 Å². The molecule has 0 aromatic heterocycles. The van der Waals surface area contributed by atoms with Crippen LogP contribution >= 0.6 is 0 Å². The van der Waals surface area contributed by atoms with E-state index in [1.807, 2.05) is 36.4 Å². The van der Waals surface area contributed by atoms with Gasteiger partial charge in [-0.1, -0.05) is 66.7 Å². The maximum atomic E-state index is 12.2. The van der Waals surface area contributed by atoms with Crippen LogP contribution in [0.1, 0.15) is 22.6 Å². The summed E-state index contributed by atoms with van der Waals surface area (Å²) in [6, 6.07) is 22.7. The molecule has 4 rings (SSSR count). The Bertz CT molecular complexity index is 1130. The van der Waals surface area contributed by atoms with E-state index in [4.69, 9.17) is 9.84 Å². The van der Waals surface area contributed by atoms with Gasteiger partial charge in [-0.05, 0) is 33.9 Å². The van der Waals surface area contributed by atoms with Crippen molar-refractivity contribution in [3.05, 3.63) is 89.5 Å². The fourth-order valence-electron chi connectivity index (χ4n) is 3.96. The molecule has 7 nitrogen and oxygen atoms in total. The highest BCUT2D eigenvalue weighted by atomic mass is 16.5. The summed E-state index contributed by atoms with van der Waals surface area (Å²) in [7, 11) is 0. The summed E-state index contributed by atoms with van der Waals surface area (Å²) in [4.78, 5) is 35.4. The van der Waals surface area contributed by atoms with Gasteiger partial charge >= 0.3 is 12.1 Å². The molecule has 0 fully saturated rings. The minimum atomic E-state index is -0.997. The number of hydrogen-bond donors (Lipinski definition) is 3. The highest BCUT2D eigenvalue weighted by Gasteiger charge is 2.29. The lowest BCUT2D eigenvalue weighted by molar-refractivity contribution is -0.136. The van der Waals surface area contributed by atoms with Gasteiger partial charge in [0.15, 0.2) is 0 Å². The van der Waals surface area contributed by atoms with Gasteiger partial charge in [0.25, 0.3) is 0 Å². The zero-order valence-corrected chi connectivity index (χ0v) is 17.2. The Balaban J connectivity index is 1.32. The first kappa shape index (κ1) is 21.1. The van der Waals surface area contributed by atoms with E-state index in [1.54, 1.807) is 24.3 Å². The fraction of sp³-hybridized carbons (Fsp3) is 0.160. The van der Waals surface area contributed by atoms with E-state index in [-0.39, 0.29) is 25.5 Å². The molecule has 0 unspecified atom stereocenters. The van der Waals surface area contributed by atoms with Gasteiger partial charge in [-0.2, -0.15) is 0 Å². The Hall–Kier alpha value is -4.13. The SMILES string of the molecule is O=C(O)Cc1ccccc1NC(=O)CNC(=O)OCC1c2ccccc2-c2ccccc21. The molecular weight excluding hydrogens is 408 g/mol. The molecule has 0 saturated carbocycles. The predicted molar refractivity (Wildman–Crippen MR) is 119 cm³/mol. The minimum Gasteiger partial charge on any atom is -0.481 e. The van der Waals surface area contributed by atoms with Crippen LogP contribution in [0.25, 0.3) is 11.1 Å². The molecule has 32 heavy (non-hydrogen) atoms. The van der Waals surface area contributed by atoms with Crippen molar-refractivity contribution < 1.29 is 24.2 Å². The van der Waals surface area contributed by atoms with E-state index in [2.05, 4.69) is 22.8 Å². The van der Waals surface area contributed by atoms with Crippen molar-refractivity contribution >= 4 is 23.7 Å². The number of carboxylic acids is 1. The number of alkyl carbamates (subject to hydrolysis) is 1. The zero-order chi connectivity index (χ0) is 22.5. The average Bonchev–Trinajstić information content (AvgIpc) is 3.11. The summed E-state index contributed by atoms with van der Waals surface area (Å²) in [5.74, 6) is -1.54. The Morgan fingerprint density at radius 2 is 1.44 bits per heavy atom. The smallest absolute Gasteiger partial charge is 0.407 e. The van der Waals surface area contributed by atoms with E-state index < -0.39 is 18.0 Å². The number of carbonyl (C=O) groups is 3. The van der Waals surface area contributed by atoms with Crippen molar-refractivity contribution in [2.24, 2.45) is 0 Å².